The fourth-order valence-corrected chi connectivity index (χ4v) is 1.08. The molecule has 0 spiro atoms. The third-order valence-corrected chi connectivity index (χ3v) is 1.82. The number of aromatic hydroxyl groups is 1. The highest BCUT2D eigenvalue weighted by atomic mass is 16.5. The van der Waals surface area contributed by atoms with Crippen LogP contribution in [0.5, 0.6) is 5.75 Å². The van der Waals surface area contributed by atoms with Gasteiger partial charge in [-0.25, -0.2) is 4.79 Å². The second kappa shape index (κ2) is 5.56. The van der Waals surface area contributed by atoms with Crippen LogP contribution in [0.15, 0.2) is 29.8 Å². The third-order valence-electron chi connectivity index (χ3n) is 1.82. The monoisotopic (exact) mass is 217 g/mol. The quantitative estimate of drug-likeness (QED) is 0.476. The Kier molecular flexibility index (Phi) is 4.10. The van der Waals surface area contributed by atoms with Crippen LogP contribution >= 0.6 is 0 Å². The highest BCUT2D eigenvalue weighted by molar-refractivity contribution is 5.97. The molecule has 0 heterocycles. The molecule has 1 aromatic carbocycles. The lowest BCUT2D eigenvalue weighted by molar-refractivity contribution is -0.137. The van der Waals surface area contributed by atoms with E-state index in [1.165, 1.54) is 18.2 Å². The molecule has 0 radical (unpaired) electrons. The minimum atomic E-state index is -0.641. The maximum atomic E-state index is 11.3. The smallest absolute Gasteiger partial charge is 0.348 e. The van der Waals surface area contributed by atoms with Gasteiger partial charge < -0.3 is 9.84 Å². The summed E-state index contributed by atoms with van der Waals surface area (Å²) in [5.41, 5.74) is 0.593. The molecule has 4 heteroatoms. The lowest BCUT2D eigenvalue weighted by atomic mass is 10.1. The van der Waals surface area contributed by atoms with Gasteiger partial charge in [-0.2, -0.15) is 5.26 Å². The number of hydrogen-bond donors (Lipinski definition) is 1. The van der Waals surface area contributed by atoms with E-state index in [1.54, 1.807) is 25.1 Å². The summed E-state index contributed by atoms with van der Waals surface area (Å²) in [7, 11) is 0. The van der Waals surface area contributed by atoms with E-state index in [0.29, 0.717) is 5.56 Å². The number of rotatable bonds is 3. The molecule has 0 aliphatic heterocycles. The van der Waals surface area contributed by atoms with E-state index in [1.807, 2.05) is 0 Å². The number of carbonyl (C=O) groups is 1. The van der Waals surface area contributed by atoms with Crippen LogP contribution in [-0.4, -0.2) is 17.7 Å². The zero-order valence-corrected chi connectivity index (χ0v) is 8.80. The molecule has 0 saturated heterocycles. The average molecular weight is 217 g/mol. The van der Waals surface area contributed by atoms with Crippen LogP contribution in [0.4, 0.5) is 0 Å². The second-order valence-corrected chi connectivity index (χ2v) is 2.98. The van der Waals surface area contributed by atoms with Crippen molar-refractivity contribution in [3.05, 3.63) is 35.4 Å². The minimum Gasteiger partial charge on any atom is -0.508 e. The number of nitriles is 1. The van der Waals surface area contributed by atoms with Crippen molar-refractivity contribution in [2.45, 2.75) is 6.92 Å². The maximum absolute atomic E-state index is 11.3. The zero-order chi connectivity index (χ0) is 12.0. The molecule has 82 valence electrons. The summed E-state index contributed by atoms with van der Waals surface area (Å²) in [6.45, 7) is 1.90. The fourth-order valence-electron chi connectivity index (χ4n) is 1.08. The summed E-state index contributed by atoms with van der Waals surface area (Å²) >= 11 is 0. The molecule has 0 fully saturated rings. The van der Waals surface area contributed by atoms with Gasteiger partial charge >= 0.3 is 5.97 Å². The number of esters is 1. The van der Waals surface area contributed by atoms with Gasteiger partial charge in [0, 0.05) is 0 Å². The van der Waals surface area contributed by atoms with E-state index >= 15 is 0 Å². The van der Waals surface area contributed by atoms with Gasteiger partial charge in [-0.1, -0.05) is 12.1 Å². The van der Waals surface area contributed by atoms with Gasteiger partial charge in [0.2, 0.25) is 0 Å². The summed E-state index contributed by atoms with van der Waals surface area (Å²) in [5.74, 6) is -0.509. The molecule has 16 heavy (non-hydrogen) atoms. The fraction of sp³-hybridized carbons (Fsp3) is 0.167. The first-order valence-corrected chi connectivity index (χ1v) is 4.75. The van der Waals surface area contributed by atoms with Crippen LogP contribution < -0.4 is 0 Å². The van der Waals surface area contributed by atoms with Gasteiger partial charge in [-0.3, -0.25) is 0 Å². The Balaban J connectivity index is 2.92. The Morgan fingerprint density at radius 1 is 1.50 bits per heavy atom. The Hall–Kier alpha value is -2.28. The van der Waals surface area contributed by atoms with Crippen LogP contribution in [0, 0.1) is 11.3 Å². The molecule has 0 aliphatic rings. The Morgan fingerprint density at radius 2 is 2.12 bits per heavy atom. The molecule has 0 aromatic heterocycles. The normalized spacial score (nSPS) is 10.6. The number of hydrogen-bond acceptors (Lipinski definition) is 4. The van der Waals surface area contributed by atoms with Crippen molar-refractivity contribution in [2.24, 2.45) is 0 Å². The van der Waals surface area contributed by atoms with Crippen LogP contribution in [0.3, 0.4) is 0 Å². The number of phenolic OH excluding ortho intramolecular Hbond substituents is 1. The van der Waals surface area contributed by atoms with Crippen LogP contribution in [0.25, 0.3) is 6.08 Å². The van der Waals surface area contributed by atoms with E-state index in [9.17, 15) is 4.79 Å². The average Bonchev–Trinajstić information content (AvgIpc) is 2.28. The summed E-state index contributed by atoms with van der Waals surface area (Å²) in [6, 6.07) is 7.94. The first-order valence-electron chi connectivity index (χ1n) is 4.75. The molecule has 0 bridgehead atoms. The predicted octanol–water partition coefficient (Wildman–Crippen LogP) is 1.86. The van der Waals surface area contributed by atoms with Crippen molar-refractivity contribution in [3.8, 4) is 11.8 Å². The standard InChI is InChI=1S/C12H11NO3/c1-2-16-12(15)10(8-13)7-9-3-5-11(14)6-4-9/h3-7,14H,2H2,1H3. The first-order chi connectivity index (χ1) is 7.67. The molecular formula is C12H11NO3. The van der Waals surface area contributed by atoms with E-state index in [-0.39, 0.29) is 17.9 Å². The van der Waals surface area contributed by atoms with Gasteiger partial charge in [-0.05, 0) is 30.7 Å². The van der Waals surface area contributed by atoms with Crippen molar-refractivity contribution in [1.82, 2.24) is 0 Å². The predicted molar refractivity (Wildman–Crippen MR) is 58.3 cm³/mol. The molecule has 4 nitrogen and oxygen atoms in total. The van der Waals surface area contributed by atoms with E-state index in [0.717, 1.165) is 0 Å². The maximum Gasteiger partial charge on any atom is 0.348 e. The lowest BCUT2D eigenvalue weighted by Gasteiger charge is -1.99. The van der Waals surface area contributed by atoms with Crippen molar-refractivity contribution < 1.29 is 14.6 Å². The second-order valence-electron chi connectivity index (χ2n) is 2.98. The molecule has 0 atom stereocenters. The van der Waals surface area contributed by atoms with Gasteiger partial charge in [0.05, 0.1) is 6.61 Å². The van der Waals surface area contributed by atoms with Crippen molar-refractivity contribution >= 4 is 12.0 Å². The van der Waals surface area contributed by atoms with Crippen molar-refractivity contribution in [2.75, 3.05) is 6.61 Å². The number of carbonyl (C=O) groups excluding carboxylic acids is 1. The van der Waals surface area contributed by atoms with E-state index in [4.69, 9.17) is 15.1 Å². The molecule has 1 N–H and O–H groups in total. The number of nitrogens with zero attached hydrogens (tertiary/aromatic N) is 1. The Labute approximate surface area is 93.4 Å². The van der Waals surface area contributed by atoms with E-state index in [2.05, 4.69) is 0 Å². The first kappa shape index (κ1) is 11.8. The number of benzene rings is 1. The Bertz CT molecular complexity index is 440. The van der Waals surface area contributed by atoms with Crippen LogP contribution in [0.1, 0.15) is 12.5 Å². The molecule has 1 aromatic rings. The third kappa shape index (κ3) is 3.14. The van der Waals surface area contributed by atoms with Gasteiger partial charge in [0.1, 0.15) is 17.4 Å². The van der Waals surface area contributed by atoms with Gasteiger partial charge in [0.15, 0.2) is 0 Å². The lowest BCUT2D eigenvalue weighted by Crippen LogP contribution is -2.05. The highest BCUT2D eigenvalue weighted by Gasteiger charge is 2.09. The van der Waals surface area contributed by atoms with Gasteiger partial charge in [-0.15, -0.1) is 0 Å². The van der Waals surface area contributed by atoms with E-state index < -0.39 is 5.97 Å². The number of phenols is 1. The molecule has 0 amide bonds. The minimum absolute atomic E-state index is 0.0625. The number of ether oxygens (including phenoxy) is 1. The van der Waals surface area contributed by atoms with Crippen molar-refractivity contribution in [3.63, 3.8) is 0 Å². The van der Waals surface area contributed by atoms with Crippen LogP contribution in [-0.2, 0) is 9.53 Å². The topological polar surface area (TPSA) is 70.3 Å². The molecule has 0 aliphatic carbocycles. The van der Waals surface area contributed by atoms with Crippen molar-refractivity contribution in [1.29, 1.82) is 5.26 Å². The summed E-state index contributed by atoms with van der Waals surface area (Å²) in [5, 5.41) is 17.8. The Morgan fingerprint density at radius 3 is 2.62 bits per heavy atom. The SMILES string of the molecule is CCOC(=O)C(C#N)=Cc1ccc(O)cc1. The van der Waals surface area contributed by atoms with Gasteiger partial charge in [0.25, 0.3) is 0 Å². The summed E-state index contributed by atoms with van der Waals surface area (Å²) in [4.78, 5) is 11.3. The summed E-state index contributed by atoms with van der Waals surface area (Å²) < 4.78 is 4.71. The molecule has 0 saturated carbocycles. The highest BCUT2D eigenvalue weighted by Crippen LogP contribution is 2.13. The molecule has 1 rings (SSSR count). The largest absolute Gasteiger partial charge is 0.508 e. The zero-order valence-electron chi connectivity index (χ0n) is 8.80. The molecule has 0 unspecified atom stereocenters. The summed E-state index contributed by atoms with van der Waals surface area (Å²) in [6.07, 6.45) is 1.41. The van der Waals surface area contributed by atoms with Crippen LogP contribution in [0.2, 0.25) is 0 Å². The molecular weight excluding hydrogens is 206 g/mol.